The molecule has 1 aromatic rings. The van der Waals surface area contributed by atoms with E-state index >= 15 is 0 Å². The molecule has 1 amide bonds. The molecule has 2 unspecified atom stereocenters. The quantitative estimate of drug-likeness (QED) is 0.795. The molecule has 2 saturated heterocycles. The summed E-state index contributed by atoms with van der Waals surface area (Å²) >= 11 is 0. The smallest absolute Gasteiger partial charge is 0.410 e. The Morgan fingerprint density at radius 2 is 1.81 bits per heavy atom. The van der Waals surface area contributed by atoms with Gasteiger partial charge in [0.2, 0.25) is 0 Å². The Morgan fingerprint density at radius 1 is 1.14 bits per heavy atom. The van der Waals surface area contributed by atoms with E-state index in [9.17, 15) is 4.79 Å². The molecule has 2 fully saturated rings. The van der Waals surface area contributed by atoms with Crippen LogP contribution in [0.15, 0.2) is 24.3 Å². The van der Waals surface area contributed by atoms with Crippen LogP contribution in [0.3, 0.4) is 0 Å². The van der Waals surface area contributed by atoms with Crippen molar-refractivity contribution in [3.8, 4) is 0 Å². The Morgan fingerprint density at radius 3 is 2.33 bits per heavy atom. The van der Waals surface area contributed by atoms with E-state index < -0.39 is 5.60 Å². The average molecular weight is 288 g/mol. The second-order valence-corrected chi connectivity index (χ2v) is 7.16. The van der Waals surface area contributed by atoms with Crippen LogP contribution in [0.25, 0.3) is 0 Å². The second kappa shape index (κ2) is 4.93. The molecule has 2 heterocycles. The van der Waals surface area contributed by atoms with Gasteiger partial charge in [-0.15, -0.1) is 0 Å². The van der Waals surface area contributed by atoms with E-state index in [-0.39, 0.29) is 12.1 Å². The molecule has 0 aromatic heterocycles. The van der Waals surface area contributed by atoms with Gasteiger partial charge in [0.05, 0.1) is 6.04 Å². The monoisotopic (exact) mass is 288 g/mol. The van der Waals surface area contributed by atoms with Gasteiger partial charge in [-0.25, -0.2) is 4.79 Å². The highest BCUT2D eigenvalue weighted by Crippen LogP contribution is 2.35. The number of benzene rings is 1. The van der Waals surface area contributed by atoms with Gasteiger partial charge in [0, 0.05) is 24.8 Å². The first-order valence-corrected chi connectivity index (χ1v) is 7.66. The fraction of sp³-hybridized carbons (Fsp3) is 0.588. The number of nitrogens with zero attached hydrogens (tertiary/aromatic N) is 2. The molecule has 2 aliphatic heterocycles. The maximum atomic E-state index is 12.2. The van der Waals surface area contributed by atoms with E-state index in [4.69, 9.17) is 4.74 Å². The molecule has 1 aromatic carbocycles. The van der Waals surface area contributed by atoms with Gasteiger partial charge in [-0.3, -0.25) is 0 Å². The number of amides is 1. The minimum absolute atomic E-state index is 0.168. The maximum absolute atomic E-state index is 12.2. The van der Waals surface area contributed by atoms with Gasteiger partial charge >= 0.3 is 6.09 Å². The largest absolute Gasteiger partial charge is 0.444 e. The summed E-state index contributed by atoms with van der Waals surface area (Å²) in [5.41, 5.74) is 2.12. The molecule has 2 aliphatic rings. The number of carbonyl (C=O) groups excluding carboxylic acids is 1. The molecule has 114 valence electrons. The van der Waals surface area contributed by atoms with Gasteiger partial charge in [0.25, 0.3) is 0 Å². The molecule has 0 saturated carbocycles. The van der Waals surface area contributed by atoms with E-state index in [2.05, 4.69) is 36.1 Å². The number of hydrogen-bond acceptors (Lipinski definition) is 3. The Bertz CT molecular complexity index is 533. The lowest BCUT2D eigenvalue weighted by atomic mass is 10.2. The second-order valence-electron chi connectivity index (χ2n) is 7.16. The number of piperazine rings is 1. The lowest BCUT2D eigenvalue weighted by Gasteiger charge is -2.36. The molecule has 2 bridgehead atoms. The van der Waals surface area contributed by atoms with Gasteiger partial charge in [-0.1, -0.05) is 17.7 Å². The molecule has 0 radical (unpaired) electrons. The normalized spacial score (nSPS) is 24.6. The van der Waals surface area contributed by atoms with Crippen LogP contribution in [0.1, 0.15) is 32.8 Å². The van der Waals surface area contributed by atoms with Crippen molar-refractivity contribution in [1.82, 2.24) is 4.90 Å². The molecule has 0 spiro atoms. The molecule has 0 N–H and O–H groups in total. The first-order valence-electron chi connectivity index (χ1n) is 7.66. The third-order valence-corrected chi connectivity index (χ3v) is 4.23. The highest BCUT2D eigenvalue weighted by Gasteiger charge is 2.46. The molecular formula is C17H24N2O2. The zero-order valence-electron chi connectivity index (χ0n) is 13.3. The topological polar surface area (TPSA) is 32.8 Å². The van der Waals surface area contributed by atoms with Crippen LogP contribution >= 0.6 is 0 Å². The van der Waals surface area contributed by atoms with Gasteiger partial charge < -0.3 is 14.5 Å². The third kappa shape index (κ3) is 2.85. The Hall–Kier alpha value is -1.71. The average Bonchev–Trinajstić information content (AvgIpc) is 2.97. The maximum Gasteiger partial charge on any atom is 0.410 e. The summed E-state index contributed by atoms with van der Waals surface area (Å²) in [6, 6.07) is 9.35. The van der Waals surface area contributed by atoms with Crippen molar-refractivity contribution in [2.24, 2.45) is 0 Å². The minimum atomic E-state index is -0.421. The predicted octanol–water partition coefficient (Wildman–Crippen LogP) is 3.19. The Labute approximate surface area is 126 Å². The highest BCUT2D eigenvalue weighted by atomic mass is 16.6. The molecule has 2 atom stereocenters. The zero-order valence-corrected chi connectivity index (χ0v) is 13.3. The van der Waals surface area contributed by atoms with E-state index in [1.807, 2.05) is 25.7 Å². The molecule has 3 rings (SSSR count). The van der Waals surface area contributed by atoms with Gasteiger partial charge in [-0.05, 0) is 46.2 Å². The summed E-state index contributed by atoms with van der Waals surface area (Å²) in [4.78, 5) is 16.5. The molecule has 21 heavy (non-hydrogen) atoms. The predicted molar refractivity (Wildman–Crippen MR) is 83.7 cm³/mol. The number of fused-ring (bicyclic) bond motifs is 2. The number of anilines is 1. The van der Waals surface area contributed by atoms with Crippen molar-refractivity contribution in [1.29, 1.82) is 0 Å². The van der Waals surface area contributed by atoms with Crippen molar-refractivity contribution in [2.45, 2.75) is 51.8 Å². The fourth-order valence-electron chi connectivity index (χ4n) is 3.26. The first-order chi connectivity index (χ1) is 9.83. The first kappa shape index (κ1) is 14.2. The van der Waals surface area contributed by atoms with Gasteiger partial charge in [0.15, 0.2) is 0 Å². The van der Waals surface area contributed by atoms with Crippen LogP contribution in [0.2, 0.25) is 0 Å². The Balaban J connectivity index is 1.66. The fourth-order valence-corrected chi connectivity index (χ4v) is 3.26. The number of hydrogen-bond donors (Lipinski definition) is 0. The number of likely N-dealkylation sites (tertiary alicyclic amines) is 1. The van der Waals surface area contributed by atoms with E-state index in [0.29, 0.717) is 6.04 Å². The number of aryl methyl sites for hydroxylation is 1. The SMILES string of the molecule is Cc1ccc(N2CC3CC2CN3C(=O)OC(C)(C)C)cc1. The Kier molecular flexibility index (Phi) is 3.34. The van der Waals surface area contributed by atoms with Crippen molar-refractivity contribution >= 4 is 11.8 Å². The summed E-state index contributed by atoms with van der Waals surface area (Å²) in [6.07, 6.45) is 0.881. The highest BCUT2D eigenvalue weighted by molar-refractivity contribution is 5.70. The summed E-state index contributed by atoms with van der Waals surface area (Å²) < 4.78 is 5.50. The lowest BCUT2D eigenvalue weighted by molar-refractivity contribution is 0.0215. The summed E-state index contributed by atoms with van der Waals surface area (Å²) in [5, 5.41) is 0. The number of rotatable bonds is 1. The molecule has 4 nitrogen and oxygen atoms in total. The van der Waals surface area contributed by atoms with E-state index in [1.165, 1.54) is 11.3 Å². The van der Waals surface area contributed by atoms with Crippen LogP contribution in [0.4, 0.5) is 10.5 Å². The van der Waals surface area contributed by atoms with Crippen LogP contribution < -0.4 is 4.90 Å². The summed E-state index contributed by atoms with van der Waals surface area (Å²) in [7, 11) is 0. The van der Waals surface area contributed by atoms with Crippen LogP contribution in [-0.2, 0) is 4.74 Å². The molecular weight excluding hydrogens is 264 g/mol. The minimum Gasteiger partial charge on any atom is -0.444 e. The van der Waals surface area contributed by atoms with Crippen molar-refractivity contribution < 1.29 is 9.53 Å². The van der Waals surface area contributed by atoms with Crippen molar-refractivity contribution in [3.63, 3.8) is 0 Å². The van der Waals surface area contributed by atoms with E-state index in [1.54, 1.807) is 0 Å². The van der Waals surface area contributed by atoms with Gasteiger partial charge in [0.1, 0.15) is 5.60 Å². The van der Waals surface area contributed by atoms with Crippen molar-refractivity contribution in [2.75, 3.05) is 18.0 Å². The molecule has 0 aliphatic carbocycles. The molecule has 4 heteroatoms. The van der Waals surface area contributed by atoms with Crippen LogP contribution in [0, 0.1) is 6.92 Å². The standard InChI is InChI=1S/C17H24N2O2/c1-12-5-7-13(8-6-12)18-10-15-9-14(18)11-19(15)16(20)21-17(2,3)4/h5-8,14-15H,9-11H2,1-4H3. The number of carbonyl (C=O) groups is 1. The van der Waals surface area contributed by atoms with Crippen molar-refractivity contribution in [3.05, 3.63) is 29.8 Å². The van der Waals surface area contributed by atoms with Crippen LogP contribution in [0.5, 0.6) is 0 Å². The summed E-state index contributed by atoms with van der Waals surface area (Å²) in [5.74, 6) is 0. The van der Waals surface area contributed by atoms with Gasteiger partial charge in [-0.2, -0.15) is 0 Å². The number of ether oxygens (including phenoxy) is 1. The lowest BCUT2D eigenvalue weighted by Crippen LogP contribution is -2.50. The van der Waals surface area contributed by atoms with Crippen LogP contribution in [-0.4, -0.2) is 41.8 Å². The third-order valence-electron chi connectivity index (χ3n) is 4.23. The zero-order chi connectivity index (χ0) is 15.2. The van der Waals surface area contributed by atoms with E-state index in [0.717, 1.165) is 19.5 Å². The summed E-state index contributed by atoms with van der Waals surface area (Å²) in [6.45, 7) is 9.53.